The lowest BCUT2D eigenvalue weighted by Crippen LogP contribution is -2.17. The van der Waals surface area contributed by atoms with Gasteiger partial charge in [0.2, 0.25) is 0 Å². The Morgan fingerprint density at radius 1 is 1.00 bits per heavy atom. The standard InChI is InChI=1S/C23H21FN2O5S/c1-3-31-22-12-11-18(14-21(22)25-23(28)19-9-4-5-10-20(19)24)32(29,30)26-17-8-6-7-16(13-17)15(2)27/h4-14,26H,3H2,1-2H3,(H,25,28). The number of halogens is 1. The van der Waals surface area contributed by atoms with Crippen LogP contribution in [0.1, 0.15) is 34.6 Å². The molecule has 0 fully saturated rings. The third kappa shape index (κ3) is 5.30. The zero-order valence-corrected chi connectivity index (χ0v) is 18.2. The SMILES string of the molecule is CCOc1ccc(S(=O)(=O)Nc2cccc(C(C)=O)c2)cc1NC(=O)c1ccccc1F. The van der Waals surface area contributed by atoms with Crippen molar-refractivity contribution in [1.29, 1.82) is 0 Å². The number of carbonyl (C=O) groups is 2. The van der Waals surface area contributed by atoms with Gasteiger partial charge in [0.1, 0.15) is 11.6 Å². The highest BCUT2D eigenvalue weighted by Crippen LogP contribution is 2.29. The van der Waals surface area contributed by atoms with Crippen LogP contribution in [0.4, 0.5) is 15.8 Å². The van der Waals surface area contributed by atoms with Crippen LogP contribution in [0.3, 0.4) is 0 Å². The zero-order chi connectivity index (χ0) is 23.3. The molecule has 0 atom stereocenters. The second kappa shape index (κ2) is 9.61. The molecule has 0 saturated carbocycles. The minimum atomic E-state index is -4.06. The first-order valence-corrected chi connectivity index (χ1v) is 11.2. The predicted octanol–water partition coefficient (Wildman–Crippen LogP) is 4.48. The molecule has 0 saturated heterocycles. The molecule has 0 bridgehead atoms. The molecule has 0 unspecified atom stereocenters. The normalized spacial score (nSPS) is 11.0. The maximum Gasteiger partial charge on any atom is 0.261 e. The molecule has 9 heteroatoms. The van der Waals surface area contributed by atoms with Gasteiger partial charge in [0.25, 0.3) is 15.9 Å². The van der Waals surface area contributed by atoms with Gasteiger partial charge in [-0.3, -0.25) is 14.3 Å². The summed E-state index contributed by atoms with van der Waals surface area (Å²) >= 11 is 0. The fourth-order valence-electron chi connectivity index (χ4n) is 2.91. The first-order chi connectivity index (χ1) is 15.2. The third-order valence-corrected chi connectivity index (χ3v) is 5.83. The van der Waals surface area contributed by atoms with E-state index in [0.717, 1.165) is 6.07 Å². The Bertz CT molecular complexity index is 1270. The topological polar surface area (TPSA) is 102 Å². The van der Waals surface area contributed by atoms with E-state index in [9.17, 15) is 22.4 Å². The molecule has 0 aliphatic heterocycles. The van der Waals surface area contributed by atoms with Gasteiger partial charge >= 0.3 is 0 Å². The van der Waals surface area contributed by atoms with Gasteiger partial charge in [0, 0.05) is 11.3 Å². The molecule has 0 spiro atoms. The van der Waals surface area contributed by atoms with E-state index < -0.39 is 21.7 Å². The monoisotopic (exact) mass is 456 g/mol. The van der Waals surface area contributed by atoms with Crippen molar-refractivity contribution in [1.82, 2.24) is 0 Å². The molecule has 0 aliphatic rings. The molecule has 0 aromatic heterocycles. The molecule has 32 heavy (non-hydrogen) atoms. The first kappa shape index (κ1) is 23.0. The molecular weight excluding hydrogens is 435 g/mol. The average Bonchev–Trinajstić information content (AvgIpc) is 2.75. The van der Waals surface area contributed by atoms with Crippen LogP contribution in [0, 0.1) is 5.82 Å². The summed E-state index contributed by atoms with van der Waals surface area (Å²) in [6.45, 7) is 3.38. The van der Waals surface area contributed by atoms with E-state index in [2.05, 4.69) is 10.0 Å². The van der Waals surface area contributed by atoms with E-state index in [4.69, 9.17) is 4.74 Å². The van der Waals surface area contributed by atoms with Crippen molar-refractivity contribution in [2.24, 2.45) is 0 Å². The number of rotatable bonds is 8. The zero-order valence-electron chi connectivity index (χ0n) is 17.4. The number of amides is 1. The van der Waals surface area contributed by atoms with Gasteiger partial charge in [-0.05, 0) is 56.3 Å². The Morgan fingerprint density at radius 2 is 1.75 bits per heavy atom. The number of nitrogens with one attached hydrogen (secondary N) is 2. The van der Waals surface area contributed by atoms with Crippen LogP contribution in [-0.2, 0) is 10.0 Å². The number of ether oxygens (including phenoxy) is 1. The molecule has 3 aromatic rings. The minimum absolute atomic E-state index is 0.0699. The van der Waals surface area contributed by atoms with Crippen molar-refractivity contribution in [3.63, 3.8) is 0 Å². The first-order valence-electron chi connectivity index (χ1n) is 9.68. The number of sulfonamides is 1. The predicted molar refractivity (Wildman–Crippen MR) is 119 cm³/mol. The van der Waals surface area contributed by atoms with Gasteiger partial charge in [0.15, 0.2) is 5.78 Å². The highest BCUT2D eigenvalue weighted by Gasteiger charge is 2.20. The summed E-state index contributed by atoms with van der Waals surface area (Å²) < 4.78 is 47.7. The smallest absolute Gasteiger partial charge is 0.261 e. The summed E-state index contributed by atoms with van der Waals surface area (Å²) in [5.74, 6) is -1.43. The van der Waals surface area contributed by atoms with Crippen molar-refractivity contribution in [3.05, 3.63) is 83.7 Å². The van der Waals surface area contributed by atoms with Crippen LogP contribution < -0.4 is 14.8 Å². The lowest BCUT2D eigenvalue weighted by Gasteiger charge is -2.15. The Kier molecular flexibility index (Phi) is 6.89. The summed E-state index contributed by atoms with van der Waals surface area (Å²) in [6.07, 6.45) is 0. The summed E-state index contributed by atoms with van der Waals surface area (Å²) in [4.78, 5) is 23.9. The van der Waals surface area contributed by atoms with Crippen LogP contribution in [-0.4, -0.2) is 26.7 Å². The molecule has 3 aromatic carbocycles. The van der Waals surface area contributed by atoms with Gasteiger partial charge in [-0.25, -0.2) is 12.8 Å². The van der Waals surface area contributed by atoms with Crippen molar-refractivity contribution in [3.8, 4) is 5.75 Å². The quantitative estimate of drug-likeness (QED) is 0.487. The van der Waals surface area contributed by atoms with E-state index in [1.54, 1.807) is 19.1 Å². The van der Waals surface area contributed by atoms with Gasteiger partial charge in [-0.1, -0.05) is 24.3 Å². The molecule has 1 amide bonds. The van der Waals surface area contributed by atoms with Gasteiger partial charge in [-0.15, -0.1) is 0 Å². The summed E-state index contributed by atoms with van der Waals surface area (Å²) in [6, 6.07) is 15.5. The van der Waals surface area contributed by atoms with E-state index in [1.165, 1.54) is 55.5 Å². The molecule has 0 heterocycles. The largest absolute Gasteiger partial charge is 0.492 e. The number of carbonyl (C=O) groups excluding carboxylic acids is 2. The van der Waals surface area contributed by atoms with Crippen molar-refractivity contribution in [2.45, 2.75) is 18.7 Å². The molecule has 2 N–H and O–H groups in total. The summed E-state index contributed by atoms with van der Waals surface area (Å²) in [5, 5.41) is 2.51. The van der Waals surface area contributed by atoms with Crippen LogP contribution in [0.5, 0.6) is 5.75 Å². The van der Waals surface area contributed by atoms with Crippen LogP contribution >= 0.6 is 0 Å². The Labute approximate surface area is 185 Å². The molecule has 7 nitrogen and oxygen atoms in total. The third-order valence-electron chi connectivity index (χ3n) is 4.45. The molecule has 0 aliphatic carbocycles. The highest BCUT2D eigenvalue weighted by atomic mass is 32.2. The number of hydrogen-bond acceptors (Lipinski definition) is 5. The van der Waals surface area contributed by atoms with Crippen molar-refractivity contribution < 1.29 is 27.1 Å². The van der Waals surface area contributed by atoms with E-state index in [-0.39, 0.29) is 40.0 Å². The second-order valence-electron chi connectivity index (χ2n) is 6.77. The number of anilines is 2. The fraction of sp³-hybridized carbons (Fsp3) is 0.130. The van der Waals surface area contributed by atoms with Crippen molar-refractivity contribution in [2.75, 3.05) is 16.6 Å². The molecular formula is C23H21FN2O5S. The van der Waals surface area contributed by atoms with E-state index in [1.807, 2.05) is 0 Å². The number of hydrogen-bond donors (Lipinski definition) is 2. The van der Waals surface area contributed by atoms with Crippen LogP contribution in [0.25, 0.3) is 0 Å². The summed E-state index contributed by atoms with van der Waals surface area (Å²) in [7, 11) is -4.06. The Balaban J connectivity index is 1.93. The van der Waals surface area contributed by atoms with Crippen molar-refractivity contribution >= 4 is 33.1 Å². The number of benzene rings is 3. The van der Waals surface area contributed by atoms with E-state index in [0.29, 0.717) is 5.56 Å². The molecule has 3 rings (SSSR count). The molecule has 0 radical (unpaired) electrons. The Morgan fingerprint density at radius 3 is 2.44 bits per heavy atom. The highest BCUT2D eigenvalue weighted by molar-refractivity contribution is 7.92. The maximum atomic E-state index is 14.0. The number of Topliss-reactive ketones (excluding diaryl/α,β-unsaturated/α-hetero) is 1. The van der Waals surface area contributed by atoms with E-state index >= 15 is 0 Å². The minimum Gasteiger partial charge on any atom is -0.492 e. The lowest BCUT2D eigenvalue weighted by atomic mass is 10.1. The van der Waals surface area contributed by atoms with Crippen LogP contribution in [0.2, 0.25) is 0 Å². The maximum absolute atomic E-state index is 14.0. The average molecular weight is 456 g/mol. The van der Waals surface area contributed by atoms with Gasteiger partial charge < -0.3 is 10.1 Å². The Hall–Kier alpha value is -3.72. The lowest BCUT2D eigenvalue weighted by molar-refractivity contribution is 0.101. The summed E-state index contributed by atoms with van der Waals surface area (Å²) in [5.41, 5.74) is 0.445. The number of ketones is 1. The molecule has 166 valence electrons. The van der Waals surface area contributed by atoms with Crippen LogP contribution in [0.15, 0.2) is 71.6 Å². The van der Waals surface area contributed by atoms with Gasteiger partial charge in [-0.2, -0.15) is 0 Å². The second-order valence-corrected chi connectivity index (χ2v) is 8.45. The van der Waals surface area contributed by atoms with Gasteiger partial charge in [0.05, 0.1) is 22.8 Å². The fourth-order valence-corrected chi connectivity index (χ4v) is 3.98.